The summed E-state index contributed by atoms with van der Waals surface area (Å²) in [6.45, 7) is 1.41. The molecular weight excluding hydrogens is 137 g/mol. The number of Topliss-reactive ketones (excluding diaryl/α,β-unsaturated/α-hetero) is 1. The molecule has 0 radical (unpaired) electrons. The average Bonchev–Trinajstić information content (AvgIpc) is 2.13. The Labute approximate surface area is 56.6 Å². The number of hydrogen-bond acceptors (Lipinski definition) is 3. The maximum absolute atomic E-state index is 12.0. The monoisotopic (exact) mass is 143 g/mol. The molecule has 0 aliphatic carbocycles. The van der Waals surface area contributed by atoms with Crippen molar-refractivity contribution < 1.29 is 9.28 Å². The molecule has 0 N–H and O–H groups in total. The molecule has 1 rings (SSSR count). The van der Waals surface area contributed by atoms with Gasteiger partial charge in [0.15, 0.2) is 0 Å². The van der Waals surface area contributed by atoms with Gasteiger partial charge in [0.25, 0.3) is 0 Å². The lowest BCUT2D eigenvalue weighted by Crippen LogP contribution is -1.95. The number of aromatic nitrogens is 3. The van der Waals surface area contributed by atoms with E-state index in [2.05, 4.69) is 10.3 Å². The van der Waals surface area contributed by atoms with Crippen molar-refractivity contribution in [2.45, 2.75) is 13.3 Å². The Balaban J connectivity index is 2.67. The van der Waals surface area contributed by atoms with E-state index in [0.29, 0.717) is 5.69 Å². The van der Waals surface area contributed by atoms with E-state index in [4.69, 9.17) is 0 Å². The van der Waals surface area contributed by atoms with Crippen LogP contribution in [0.3, 0.4) is 0 Å². The van der Waals surface area contributed by atoms with E-state index in [1.807, 2.05) is 0 Å². The second-order valence-electron chi connectivity index (χ2n) is 1.98. The topological polar surface area (TPSA) is 47.8 Å². The quantitative estimate of drug-likeness (QED) is 0.591. The first-order valence-electron chi connectivity index (χ1n) is 2.75. The van der Waals surface area contributed by atoms with Crippen molar-refractivity contribution >= 4 is 5.78 Å². The Morgan fingerprint density at radius 1 is 1.90 bits per heavy atom. The third-order valence-electron chi connectivity index (χ3n) is 0.944. The lowest BCUT2D eigenvalue weighted by molar-refractivity contribution is -0.116. The van der Waals surface area contributed by atoms with Crippen LogP contribution in [0.25, 0.3) is 0 Å². The van der Waals surface area contributed by atoms with Crippen molar-refractivity contribution in [1.29, 1.82) is 0 Å². The maximum Gasteiger partial charge on any atom is 0.135 e. The second kappa shape index (κ2) is 2.55. The molecule has 0 spiro atoms. The molecule has 0 fully saturated rings. The van der Waals surface area contributed by atoms with Gasteiger partial charge in [-0.25, -0.2) is 0 Å². The van der Waals surface area contributed by atoms with Gasteiger partial charge in [0, 0.05) is 0 Å². The van der Waals surface area contributed by atoms with Crippen LogP contribution in [-0.4, -0.2) is 21.0 Å². The van der Waals surface area contributed by atoms with Crippen LogP contribution in [0.15, 0.2) is 6.20 Å². The van der Waals surface area contributed by atoms with E-state index < -0.39 is 0 Å². The van der Waals surface area contributed by atoms with E-state index in [9.17, 15) is 9.28 Å². The van der Waals surface area contributed by atoms with Gasteiger partial charge in [0.1, 0.15) is 5.78 Å². The summed E-state index contributed by atoms with van der Waals surface area (Å²) in [6, 6.07) is 0. The van der Waals surface area contributed by atoms with E-state index in [0.717, 1.165) is 6.20 Å². The Hall–Kier alpha value is -1.26. The summed E-state index contributed by atoms with van der Waals surface area (Å²) in [5, 5.41) is 6.39. The van der Waals surface area contributed by atoms with Gasteiger partial charge in [-0.15, -0.1) is 5.10 Å². The normalized spacial score (nSPS) is 9.80. The molecular formula is C5H6FN3O. The zero-order valence-corrected chi connectivity index (χ0v) is 5.41. The van der Waals surface area contributed by atoms with E-state index in [-0.39, 0.29) is 17.1 Å². The third-order valence-corrected chi connectivity index (χ3v) is 0.944. The highest BCUT2D eigenvalue weighted by Gasteiger charge is 2.01. The smallest absolute Gasteiger partial charge is 0.135 e. The van der Waals surface area contributed by atoms with Crippen LogP contribution in [0.5, 0.6) is 0 Å². The number of ketones is 1. The standard InChI is InChI=1S/C5H6FN3O/c1-4(10)2-5-3-9(6)8-7-5/h3H,2H2,1H3. The highest BCUT2D eigenvalue weighted by atomic mass is 19.2. The van der Waals surface area contributed by atoms with Crippen molar-refractivity contribution in [3.63, 3.8) is 0 Å². The Kier molecular flexibility index (Phi) is 1.75. The minimum Gasteiger partial charge on any atom is -0.300 e. The molecule has 0 aromatic carbocycles. The summed E-state index contributed by atoms with van der Waals surface area (Å²) in [5.41, 5.74) is 0.356. The van der Waals surface area contributed by atoms with Gasteiger partial charge in [-0.1, -0.05) is 9.39 Å². The average molecular weight is 143 g/mol. The molecule has 0 aliphatic rings. The van der Waals surface area contributed by atoms with Crippen LogP contribution in [0.4, 0.5) is 4.48 Å². The molecule has 5 heteroatoms. The molecule has 1 aromatic rings. The van der Waals surface area contributed by atoms with Crippen molar-refractivity contribution in [2.75, 3.05) is 0 Å². The number of carbonyl (C=O) groups is 1. The summed E-state index contributed by atoms with van der Waals surface area (Å²) < 4.78 is 12.0. The lowest BCUT2D eigenvalue weighted by Gasteiger charge is -1.83. The number of carbonyl (C=O) groups excluding carboxylic acids is 1. The first kappa shape index (κ1) is 6.85. The molecule has 0 bridgehead atoms. The third kappa shape index (κ3) is 1.61. The second-order valence-corrected chi connectivity index (χ2v) is 1.98. The molecule has 1 heterocycles. The Morgan fingerprint density at radius 2 is 2.60 bits per heavy atom. The van der Waals surface area contributed by atoms with Gasteiger partial charge < -0.3 is 0 Å². The number of hydrogen-bond donors (Lipinski definition) is 0. The van der Waals surface area contributed by atoms with Crippen molar-refractivity contribution in [3.8, 4) is 0 Å². The predicted molar refractivity (Wildman–Crippen MR) is 30.9 cm³/mol. The molecule has 0 unspecified atom stereocenters. The fourth-order valence-corrected chi connectivity index (χ4v) is 0.611. The van der Waals surface area contributed by atoms with E-state index in [1.165, 1.54) is 6.92 Å². The highest BCUT2D eigenvalue weighted by Crippen LogP contribution is 1.93. The molecule has 0 atom stereocenters. The SMILES string of the molecule is CC(=O)Cc1cn(F)nn1. The summed E-state index contributed by atoms with van der Waals surface area (Å²) in [5.74, 6) is -0.0551. The molecule has 0 amide bonds. The maximum atomic E-state index is 12.0. The van der Waals surface area contributed by atoms with Gasteiger partial charge in [-0.3, -0.25) is 4.79 Å². The van der Waals surface area contributed by atoms with Gasteiger partial charge in [0.05, 0.1) is 18.3 Å². The van der Waals surface area contributed by atoms with Crippen LogP contribution in [0, 0.1) is 0 Å². The van der Waals surface area contributed by atoms with Gasteiger partial charge in [-0.2, -0.15) is 0 Å². The van der Waals surface area contributed by atoms with E-state index in [1.54, 1.807) is 0 Å². The predicted octanol–water partition coefficient (Wildman–Crippen LogP) is 0.142. The van der Waals surface area contributed by atoms with Gasteiger partial charge in [-0.05, 0) is 12.1 Å². The van der Waals surface area contributed by atoms with Gasteiger partial charge in [0.2, 0.25) is 0 Å². The Morgan fingerprint density at radius 3 is 3.00 bits per heavy atom. The van der Waals surface area contributed by atoms with Crippen LogP contribution in [-0.2, 0) is 11.2 Å². The van der Waals surface area contributed by atoms with Crippen LogP contribution in [0.2, 0.25) is 0 Å². The van der Waals surface area contributed by atoms with Crippen molar-refractivity contribution in [1.82, 2.24) is 15.2 Å². The first-order valence-corrected chi connectivity index (χ1v) is 2.75. The number of nitrogens with zero attached hydrogens (tertiary/aromatic N) is 3. The number of halogens is 1. The van der Waals surface area contributed by atoms with Gasteiger partial charge >= 0.3 is 0 Å². The van der Waals surface area contributed by atoms with E-state index >= 15 is 0 Å². The molecule has 0 saturated heterocycles. The molecule has 54 valence electrons. The fraction of sp³-hybridized carbons (Fsp3) is 0.400. The summed E-state index contributed by atoms with van der Waals surface area (Å²) in [7, 11) is 0. The summed E-state index contributed by atoms with van der Waals surface area (Å²) in [4.78, 5) is 10.5. The minimum atomic E-state index is -0.0551. The van der Waals surface area contributed by atoms with Crippen LogP contribution in [0.1, 0.15) is 12.6 Å². The van der Waals surface area contributed by atoms with Crippen LogP contribution < -0.4 is 0 Å². The minimum absolute atomic E-state index is 0.0551. The molecule has 1 aromatic heterocycles. The molecule has 0 aliphatic heterocycles. The summed E-state index contributed by atoms with van der Waals surface area (Å²) >= 11 is 0. The largest absolute Gasteiger partial charge is 0.300 e. The zero-order chi connectivity index (χ0) is 7.56. The van der Waals surface area contributed by atoms with Crippen LogP contribution >= 0.6 is 0 Å². The molecule has 10 heavy (non-hydrogen) atoms. The lowest BCUT2D eigenvalue weighted by atomic mass is 10.2. The fourth-order valence-electron chi connectivity index (χ4n) is 0.611. The number of rotatable bonds is 2. The zero-order valence-electron chi connectivity index (χ0n) is 5.41. The Bertz CT molecular complexity index is 245. The summed E-state index contributed by atoms with van der Waals surface area (Å²) in [6.07, 6.45) is 1.21. The molecule has 4 nitrogen and oxygen atoms in total. The molecule has 0 saturated carbocycles. The van der Waals surface area contributed by atoms with Crippen molar-refractivity contribution in [3.05, 3.63) is 11.9 Å². The first-order chi connectivity index (χ1) is 4.68. The highest BCUT2D eigenvalue weighted by molar-refractivity contribution is 5.77. The van der Waals surface area contributed by atoms with Crippen molar-refractivity contribution in [2.24, 2.45) is 0 Å².